The molecule has 0 fully saturated rings. The lowest BCUT2D eigenvalue weighted by molar-refractivity contribution is -0.141. The Hall–Kier alpha value is -3.27. The second kappa shape index (κ2) is 11.4. The van der Waals surface area contributed by atoms with Gasteiger partial charge in [0.1, 0.15) is 6.04 Å². The van der Waals surface area contributed by atoms with Crippen LogP contribution in [0.2, 0.25) is 0 Å². The van der Waals surface area contributed by atoms with Crippen LogP contribution >= 0.6 is 0 Å². The number of amides is 2. The van der Waals surface area contributed by atoms with Gasteiger partial charge in [-0.3, -0.25) is 13.9 Å². The van der Waals surface area contributed by atoms with E-state index in [1.54, 1.807) is 30.0 Å². The molecule has 2 aromatic carbocycles. The standard InChI is InChI=1S/C27H37N3O6S/c1-19-9-7-10-21(15-19)17-29(20(2)26(32)28-27(3,4)5)25(31)11-8-14-30(37(6,33)34)22-12-13-23-24(16-22)36-18-35-23/h7,9-10,12-13,15-16,20H,8,11,14,17-18H2,1-6H3,(H,28,32)/t20-/m0/s1. The highest BCUT2D eigenvalue weighted by Gasteiger charge is 2.29. The molecule has 1 N–H and O–H groups in total. The van der Waals surface area contributed by atoms with Crippen molar-refractivity contribution < 1.29 is 27.5 Å². The van der Waals surface area contributed by atoms with E-state index in [-0.39, 0.29) is 44.5 Å². The van der Waals surface area contributed by atoms with Crippen molar-refractivity contribution in [1.82, 2.24) is 10.2 Å². The molecule has 0 aliphatic carbocycles. The SMILES string of the molecule is Cc1cccc(CN(C(=O)CCCN(c2ccc3c(c2)OCO3)S(C)(=O)=O)[C@@H](C)C(=O)NC(C)(C)C)c1. The van der Waals surface area contributed by atoms with Gasteiger partial charge < -0.3 is 19.7 Å². The van der Waals surface area contributed by atoms with Crippen LogP contribution in [0.3, 0.4) is 0 Å². The Balaban J connectivity index is 1.74. The second-order valence-corrected chi connectivity index (χ2v) is 12.3. The summed E-state index contributed by atoms with van der Waals surface area (Å²) in [4.78, 5) is 27.9. The molecule has 0 saturated heterocycles. The summed E-state index contributed by atoms with van der Waals surface area (Å²) in [5, 5.41) is 2.95. The smallest absolute Gasteiger partial charge is 0.242 e. The molecule has 0 saturated carbocycles. The predicted octanol–water partition coefficient (Wildman–Crippen LogP) is 3.60. The zero-order chi connectivity index (χ0) is 27.4. The highest BCUT2D eigenvalue weighted by molar-refractivity contribution is 7.92. The van der Waals surface area contributed by atoms with E-state index in [1.807, 2.05) is 52.0 Å². The summed E-state index contributed by atoms with van der Waals surface area (Å²) in [6.45, 7) is 9.82. The third-order valence-corrected chi connectivity index (χ3v) is 7.09. The number of fused-ring (bicyclic) bond motifs is 1. The van der Waals surface area contributed by atoms with Crippen LogP contribution in [-0.2, 0) is 26.2 Å². The van der Waals surface area contributed by atoms with Crippen LogP contribution in [0.4, 0.5) is 5.69 Å². The maximum absolute atomic E-state index is 13.4. The van der Waals surface area contributed by atoms with Gasteiger partial charge in [0.2, 0.25) is 28.6 Å². The van der Waals surface area contributed by atoms with Crippen LogP contribution in [0.25, 0.3) is 0 Å². The summed E-state index contributed by atoms with van der Waals surface area (Å²) in [7, 11) is -3.61. The minimum absolute atomic E-state index is 0.0789. The van der Waals surface area contributed by atoms with Gasteiger partial charge in [0.25, 0.3) is 0 Å². The van der Waals surface area contributed by atoms with Crippen LogP contribution in [0.1, 0.15) is 51.7 Å². The molecule has 0 spiro atoms. The number of carbonyl (C=O) groups excluding carboxylic acids is 2. The van der Waals surface area contributed by atoms with Gasteiger partial charge in [-0.25, -0.2) is 8.42 Å². The molecular formula is C27H37N3O6S. The van der Waals surface area contributed by atoms with Crippen molar-refractivity contribution in [2.75, 3.05) is 23.9 Å². The summed E-state index contributed by atoms with van der Waals surface area (Å²) < 4.78 is 37.0. The number of carbonyl (C=O) groups is 2. The van der Waals surface area contributed by atoms with Gasteiger partial charge in [0, 0.05) is 31.1 Å². The fraction of sp³-hybridized carbons (Fsp3) is 0.481. The van der Waals surface area contributed by atoms with E-state index >= 15 is 0 Å². The molecule has 202 valence electrons. The molecule has 2 aromatic rings. The lowest BCUT2D eigenvalue weighted by atomic mass is 10.1. The number of nitrogens with zero attached hydrogens (tertiary/aromatic N) is 2. The molecule has 0 aromatic heterocycles. The molecule has 2 amide bonds. The number of sulfonamides is 1. The Kier molecular flexibility index (Phi) is 8.73. The molecule has 37 heavy (non-hydrogen) atoms. The number of hydrogen-bond acceptors (Lipinski definition) is 6. The van der Waals surface area contributed by atoms with Crippen LogP contribution in [0.15, 0.2) is 42.5 Å². The van der Waals surface area contributed by atoms with Crippen LogP contribution < -0.4 is 19.1 Å². The van der Waals surface area contributed by atoms with Crippen molar-refractivity contribution in [3.63, 3.8) is 0 Å². The van der Waals surface area contributed by atoms with Gasteiger partial charge in [-0.1, -0.05) is 29.8 Å². The summed E-state index contributed by atoms with van der Waals surface area (Å²) in [6.07, 6.45) is 1.48. The molecule has 9 nitrogen and oxygen atoms in total. The minimum atomic E-state index is -3.61. The molecule has 1 aliphatic rings. The largest absolute Gasteiger partial charge is 0.454 e. The van der Waals surface area contributed by atoms with Gasteiger partial charge in [-0.15, -0.1) is 0 Å². The van der Waals surface area contributed by atoms with E-state index in [0.717, 1.165) is 17.4 Å². The molecule has 3 rings (SSSR count). The number of benzene rings is 2. The maximum Gasteiger partial charge on any atom is 0.242 e. The van der Waals surface area contributed by atoms with Crippen LogP contribution in [0.5, 0.6) is 11.5 Å². The first-order chi connectivity index (χ1) is 17.2. The highest BCUT2D eigenvalue weighted by atomic mass is 32.2. The first-order valence-corrected chi connectivity index (χ1v) is 14.1. The summed E-state index contributed by atoms with van der Waals surface area (Å²) >= 11 is 0. The zero-order valence-electron chi connectivity index (χ0n) is 22.4. The van der Waals surface area contributed by atoms with Crippen molar-refractivity contribution in [2.24, 2.45) is 0 Å². The van der Waals surface area contributed by atoms with Gasteiger partial charge in [-0.2, -0.15) is 0 Å². The van der Waals surface area contributed by atoms with Gasteiger partial charge in [0.05, 0.1) is 11.9 Å². The van der Waals surface area contributed by atoms with Crippen molar-refractivity contribution in [3.05, 3.63) is 53.6 Å². The van der Waals surface area contributed by atoms with E-state index in [0.29, 0.717) is 17.2 Å². The maximum atomic E-state index is 13.4. The molecule has 0 radical (unpaired) electrons. The fourth-order valence-electron chi connectivity index (χ4n) is 4.11. The Morgan fingerprint density at radius 3 is 2.43 bits per heavy atom. The lowest BCUT2D eigenvalue weighted by Gasteiger charge is -2.32. The Morgan fingerprint density at radius 1 is 1.08 bits per heavy atom. The van der Waals surface area contributed by atoms with E-state index < -0.39 is 21.6 Å². The average Bonchev–Trinajstić information content (AvgIpc) is 3.25. The van der Waals surface area contributed by atoms with Crippen molar-refractivity contribution in [1.29, 1.82) is 0 Å². The van der Waals surface area contributed by atoms with Crippen molar-refractivity contribution in [3.8, 4) is 11.5 Å². The first kappa shape index (κ1) is 28.3. The molecule has 1 heterocycles. The normalized spacial score (nSPS) is 13.7. The Bertz CT molecular complexity index is 1240. The molecular weight excluding hydrogens is 494 g/mol. The zero-order valence-corrected chi connectivity index (χ0v) is 23.2. The molecule has 1 atom stereocenters. The summed E-state index contributed by atoms with van der Waals surface area (Å²) in [6, 6.07) is 12.0. The Labute approximate surface area is 219 Å². The Morgan fingerprint density at radius 2 is 1.78 bits per heavy atom. The highest BCUT2D eigenvalue weighted by Crippen LogP contribution is 2.36. The second-order valence-electron chi connectivity index (χ2n) is 10.4. The van der Waals surface area contributed by atoms with E-state index in [4.69, 9.17) is 9.47 Å². The number of aryl methyl sites for hydroxylation is 1. The van der Waals surface area contributed by atoms with Crippen molar-refractivity contribution in [2.45, 2.75) is 65.6 Å². The fourth-order valence-corrected chi connectivity index (χ4v) is 5.07. The van der Waals surface area contributed by atoms with E-state index in [2.05, 4.69) is 5.32 Å². The van der Waals surface area contributed by atoms with Crippen LogP contribution in [-0.4, -0.2) is 56.3 Å². The number of rotatable bonds is 10. The predicted molar refractivity (Wildman–Crippen MR) is 143 cm³/mol. The third-order valence-electron chi connectivity index (χ3n) is 5.90. The van der Waals surface area contributed by atoms with Crippen molar-refractivity contribution >= 4 is 27.5 Å². The molecule has 0 bridgehead atoms. The van der Waals surface area contributed by atoms with E-state index in [1.165, 1.54) is 4.31 Å². The monoisotopic (exact) mass is 531 g/mol. The summed E-state index contributed by atoms with van der Waals surface area (Å²) in [5.41, 5.74) is 1.98. The first-order valence-electron chi connectivity index (χ1n) is 12.3. The third kappa shape index (κ3) is 7.85. The van der Waals surface area contributed by atoms with Crippen LogP contribution in [0, 0.1) is 6.92 Å². The minimum Gasteiger partial charge on any atom is -0.454 e. The van der Waals surface area contributed by atoms with Gasteiger partial charge >= 0.3 is 0 Å². The lowest BCUT2D eigenvalue weighted by Crippen LogP contribution is -2.52. The van der Waals surface area contributed by atoms with Gasteiger partial charge in [-0.05, 0) is 58.7 Å². The van der Waals surface area contributed by atoms with E-state index in [9.17, 15) is 18.0 Å². The van der Waals surface area contributed by atoms with Gasteiger partial charge in [0.15, 0.2) is 11.5 Å². The average molecular weight is 532 g/mol. The number of hydrogen-bond donors (Lipinski definition) is 1. The number of nitrogens with one attached hydrogen (secondary N) is 1. The summed E-state index contributed by atoms with van der Waals surface area (Å²) in [5.74, 6) is 0.566. The number of ether oxygens (including phenoxy) is 2. The quantitative estimate of drug-likeness (QED) is 0.502. The molecule has 0 unspecified atom stereocenters. The number of anilines is 1. The molecule has 1 aliphatic heterocycles. The molecule has 10 heteroatoms. The topological polar surface area (TPSA) is 105 Å².